The molecule has 4 aliphatic carbocycles. The number of nitrogens with one attached hydrogen (secondary N) is 1. The minimum atomic E-state index is -0.487. The Morgan fingerprint density at radius 1 is 1.04 bits per heavy atom. The summed E-state index contributed by atoms with van der Waals surface area (Å²) in [6, 6.07) is 9.54. The second-order valence-electron chi connectivity index (χ2n) is 8.55. The van der Waals surface area contributed by atoms with E-state index in [0.717, 1.165) is 29.9 Å². The lowest BCUT2D eigenvalue weighted by Gasteiger charge is -2.56. The normalized spacial score (nSPS) is 31.9. The summed E-state index contributed by atoms with van der Waals surface area (Å²) in [5.41, 5.74) is 1.23. The van der Waals surface area contributed by atoms with E-state index in [-0.39, 0.29) is 12.5 Å². The minimum absolute atomic E-state index is 0.192. The van der Waals surface area contributed by atoms with Gasteiger partial charge in [-0.25, -0.2) is 4.79 Å². The highest BCUT2D eigenvalue weighted by molar-refractivity contribution is 5.89. The highest BCUT2D eigenvalue weighted by atomic mass is 16.5. The van der Waals surface area contributed by atoms with E-state index in [9.17, 15) is 9.59 Å². The summed E-state index contributed by atoms with van der Waals surface area (Å²) in [5, 5.41) is 3.03. The van der Waals surface area contributed by atoms with Crippen LogP contribution in [0.1, 0.15) is 44.1 Å². The number of esters is 1. The first-order chi connectivity index (χ1) is 12.6. The van der Waals surface area contributed by atoms with Crippen LogP contribution < -0.4 is 5.32 Å². The summed E-state index contributed by atoms with van der Waals surface area (Å²) in [4.78, 5) is 23.9. The van der Waals surface area contributed by atoms with Crippen LogP contribution in [-0.2, 0) is 14.3 Å². The van der Waals surface area contributed by atoms with Crippen molar-refractivity contribution < 1.29 is 14.3 Å². The van der Waals surface area contributed by atoms with Crippen LogP contribution in [0.5, 0.6) is 0 Å². The Hall–Kier alpha value is -2.10. The van der Waals surface area contributed by atoms with Gasteiger partial charge in [0.25, 0.3) is 5.91 Å². The topological polar surface area (TPSA) is 55.4 Å². The monoisotopic (exact) mass is 353 g/mol. The number of rotatable bonds is 6. The molecule has 138 valence electrons. The van der Waals surface area contributed by atoms with Gasteiger partial charge in [0, 0.05) is 12.6 Å². The Bertz CT molecular complexity index is 659. The maximum atomic E-state index is 12.1. The van der Waals surface area contributed by atoms with Crippen LogP contribution in [0.25, 0.3) is 6.08 Å². The fourth-order valence-corrected chi connectivity index (χ4v) is 5.76. The van der Waals surface area contributed by atoms with Crippen LogP contribution in [0, 0.1) is 23.2 Å². The molecule has 0 saturated heterocycles. The van der Waals surface area contributed by atoms with E-state index in [4.69, 9.17) is 4.74 Å². The molecule has 26 heavy (non-hydrogen) atoms. The fraction of sp³-hybridized carbons (Fsp3) is 0.545. The van der Waals surface area contributed by atoms with Crippen molar-refractivity contribution >= 4 is 18.0 Å². The molecule has 0 aliphatic heterocycles. The SMILES string of the molecule is O=C(COC(=O)/C=C/c1ccccc1)NCC12CC3CC(CC(C3)C1)C2. The summed E-state index contributed by atoms with van der Waals surface area (Å²) >= 11 is 0. The molecule has 0 radical (unpaired) electrons. The van der Waals surface area contributed by atoms with Gasteiger partial charge in [0.05, 0.1) is 0 Å². The number of benzene rings is 1. The second kappa shape index (κ2) is 7.26. The highest BCUT2D eigenvalue weighted by Crippen LogP contribution is 2.59. The van der Waals surface area contributed by atoms with Gasteiger partial charge in [0.1, 0.15) is 0 Å². The zero-order valence-corrected chi connectivity index (χ0v) is 15.2. The lowest BCUT2D eigenvalue weighted by atomic mass is 9.49. The first-order valence-electron chi connectivity index (χ1n) is 9.77. The van der Waals surface area contributed by atoms with Crippen LogP contribution in [0.15, 0.2) is 36.4 Å². The van der Waals surface area contributed by atoms with Gasteiger partial charge in [-0.2, -0.15) is 0 Å². The molecule has 4 bridgehead atoms. The number of carbonyl (C=O) groups is 2. The fourth-order valence-electron chi connectivity index (χ4n) is 5.76. The zero-order chi connectivity index (χ0) is 18.0. The Morgan fingerprint density at radius 3 is 2.27 bits per heavy atom. The smallest absolute Gasteiger partial charge is 0.331 e. The number of hydrogen-bond acceptors (Lipinski definition) is 3. The molecule has 5 rings (SSSR count). The first kappa shape index (κ1) is 17.3. The Kier molecular flexibility index (Phi) is 4.84. The van der Waals surface area contributed by atoms with E-state index in [0.29, 0.717) is 5.41 Å². The maximum absolute atomic E-state index is 12.1. The van der Waals surface area contributed by atoms with E-state index in [1.165, 1.54) is 44.6 Å². The average molecular weight is 353 g/mol. The van der Waals surface area contributed by atoms with Gasteiger partial charge in [0.15, 0.2) is 6.61 Å². The molecule has 0 spiro atoms. The van der Waals surface area contributed by atoms with Crippen LogP contribution in [0.4, 0.5) is 0 Å². The molecule has 0 heterocycles. The Balaban J connectivity index is 1.21. The summed E-state index contributed by atoms with van der Waals surface area (Å²) < 4.78 is 5.06. The summed E-state index contributed by atoms with van der Waals surface area (Å²) in [5.74, 6) is 1.94. The predicted molar refractivity (Wildman–Crippen MR) is 100 cm³/mol. The molecule has 1 aromatic carbocycles. The van der Waals surface area contributed by atoms with Crippen molar-refractivity contribution in [3.8, 4) is 0 Å². The molecule has 4 saturated carbocycles. The Labute approximate surface area is 155 Å². The molecule has 0 atom stereocenters. The molecule has 4 fully saturated rings. The third-order valence-corrected chi connectivity index (χ3v) is 6.38. The molecule has 1 N–H and O–H groups in total. The zero-order valence-electron chi connectivity index (χ0n) is 15.2. The van der Waals surface area contributed by atoms with Gasteiger partial charge < -0.3 is 10.1 Å². The van der Waals surface area contributed by atoms with Crippen molar-refractivity contribution in [2.24, 2.45) is 23.2 Å². The van der Waals surface area contributed by atoms with E-state index in [2.05, 4.69) is 5.32 Å². The summed E-state index contributed by atoms with van der Waals surface area (Å²) in [6.07, 6.45) is 11.0. The van der Waals surface area contributed by atoms with Crippen LogP contribution in [0.3, 0.4) is 0 Å². The average Bonchev–Trinajstić information content (AvgIpc) is 2.63. The summed E-state index contributed by atoms with van der Waals surface area (Å²) in [6.45, 7) is 0.539. The number of amides is 1. The van der Waals surface area contributed by atoms with Gasteiger partial charge in [-0.05, 0) is 73.3 Å². The molecule has 0 unspecified atom stereocenters. The molecular formula is C22H27NO3. The number of ether oxygens (including phenoxy) is 1. The largest absolute Gasteiger partial charge is 0.452 e. The van der Waals surface area contributed by atoms with Crippen LogP contribution >= 0.6 is 0 Å². The van der Waals surface area contributed by atoms with Crippen molar-refractivity contribution in [3.05, 3.63) is 42.0 Å². The quantitative estimate of drug-likeness (QED) is 0.628. The summed E-state index contributed by atoms with van der Waals surface area (Å²) in [7, 11) is 0. The van der Waals surface area contributed by atoms with Gasteiger partial charge in [-0.15, -0.1) is 0 Å². The molecule has 1 aromatic rings. The van der Waals surface area contributed by atoms with Gasteiger partial charge >= 0.3 is 5.97 Å². The van der Waals surface area contributed by atoms with Crippen LogP contribution in [0.2, 0.25) is 0 Å². The van der Waals surface area contributed by atoms with E-state index in [1.54, 1.807) is 6.08 Å². The Morgan fingerprint density at radius 2 is 1.65 bits per heavy atom. The van der Waals surface area contributed by atoms with Crippen LogP contribution in [-0.4, -0.2) is 25.0 Å². The lowest BCUT2D eigenvalue weighted by molar-refractivity contribution is -0.144. The van der Waals surface area contributed by atoms with Crippen molar-refractivity contribution in [3.63, 3.8) is 0 Å². The third-order valence-electron chi connectivity index (χ3n) is 6.38. The minimum Gasteiger partial charge on any atom is -0.452 e. The van der Waals surface area contributed by atoms with Gasteiger partial charge in [-0.1, -0.05) is 30.3 Å². The van der Waals surface area contributed by atoms with Crippen molar-refractivity contribution in [2.45, 2.75) is 38.5 Å². The van der Waals surface area contributed by atoms with Crippen molar-refractivity contribution in [2.75, 3.05) is 13.2 Å². The van der Waals surface area contributed by atoms with Crippen molar-refractivity contribution in [1.29, 1.82) is 0 Å². The van der Waals surface area contributed by atoms with Gasteiger partial charge in [0.2, 0.25) is 0 Å². The molecular weight excluding hydrogens is 326 g/mol. The standard InChI is InChI=1S/C22H27NO3/c24-20(14-26-21(25)7-6-16-4-2-1-3-5-16)23-15-22-11-17-8-18(12-22)10-19(9-17)13-22/h1-7,17-19H,8-15H2,(H,23,24)/b7-6+. The highest BCUT2D eigenvalue weighted by Gasteiger charge is 2.50. The first-order valence-corrected chi connectivity index (χ1v) is 9.77. The number of carbonyl (C=O) groups excluding carboxylic acids is 2. The maximum Gasteiger partial charge on any atom is 0.331 e. The third kappa shape index (κ3) is 4.00. The molecule has 1 amide bonds. The molecule has 4 nitrogen and oxygen atoms in total. The predicted octanol–water partition coefficient (Wildman–Crippen LogP) is 3.58. The number of hydrogen-bond donors (Lipinski definition) is 1. The van der Waals surface area contributed by atoms with Gasteiger partial charge in [-0.3, -0.25) is 4.79 Å². The van der Waals surface area contributed by atoms with E-state index in [1.807, 2.05) is 30.3 Å². The molecule has 4 aliphatic rings. The second-order valence-corrected chi connectivity index (χ2v) is 8.55. The van der Waals surface area contributed by atoms with E-state index < -0.39 is 5.97 Å². The van der Waals surface area contributed by atoms with Crippen molar-refractivity contribution in [1.82, 2.24) is 5.32 Å². The molecule has 4 heteroatoms. The van der Waals surface area contributed by atoms with E-state index >= 15 is 0 Å². The lowest BCUT2D eigenvalue weighted by Crippen LogP contribution is -2.51. The molecule has 0 aromatic heterocycles.